The number of benzene rings is 2. The molecule has 3 N–H and O–H groups in total. The summed E-state index contributed by atoms with van der Waals surface area (Å²) in [5.74, 6) is 0.577. The molecule has 0 saturated heterocycles. The number of ether oxygens (including phenoxy) is 1. The molecule has 21 heavy (non-hydrogen) atoms. The second-order valence-corrected chi connectivity index (χ2v) is 7.31. The van der Waals surface area contributed by atoms with Gasteiger partial charge in [0.15, 0.2) is 6.35 Å². The summed E-state index contributed by atoms with van der Waals surface area (Å²) in [6.45, 7) is 1.95. The minimum Gasteiger partial charge on any atom is -0.483 e. The Morgan fingerprint density at radius 1 is 1.14 bits per heavy atom. The standard InChI is InChI=1S/C16H20NO3P/c1-13(17)11-14-7-9-15(10-8-14)20-12-21(18,19)16-5-3-2-4-6-16/h2-10,13H,11-12,17H2,1H3,(H,18,19)/t13-/m1/s1. The van der Waals surface area contributed by atoms with Crippen LogP contribution in [-0.2, 0) is 11.0 Å². The molecule has 2 aromatic rings. The minimum absolute atomic E-state index is 0.104. The van der Waals surface area contributed by atoms with Gasteiger partial charge in [-0.1, -0.05) is 30.3 Å². The first-order chi connectivity index (χ1) is 9.97. The Morgan fingerprint density at radius 3 is 2.33 bits per heavy atom. The summed E-state index contributed by atoms with van der Waals surface area (Å²) in [7, 11) is -3.49. The summed E-state index contributed by atoms with van der Waals surface area (Å²) < 4.78 is 17.7. The van der Waals surface area contributed by atoms with Crippen molar-refractivity contribution in [3.8, 4) is 5.75 Å². The van der Waals surface area contributed by atoms with E-state index in [1.54, 1.807) is 36.4 Å². The first kappa shape index (κ1) is 15.8. The molecule has 0 fully saturated rings. The molecule has 2 aromatic carbocycles. The molecule has 5 heteroatoms. The smallest absolute Gasteiger partial charge is 0.265 e. The molecule has 2 atom stereocenters. The van der Waals surface area contributed by atoms with Gasteiger partial charge in [-0.05, 0) is 43.2 Å². The quantitative estimate of drug-likeness (QED) is 0.804. The fourth-order valence-electron chi connectivity index (χ4n) is 1.99. The zero-order chi connectivity index (χ0) is 15.3. The zero-order valence-electron chi connectivity index (χ0n) is 12.0. The van der Waals surface area contributed by atoms with Crippen molar-refractivity contribution in [1.29, 1.82) is 0 Å². The van der Waals surface area contributed by atoms with Crippen LogP contribution < -0.4 is 15.8 Å². The van der Waals surface area contributed by atoms with Gasteiger partial charge in [-0.15, -0.1) is 0 Å². The van der Waals surface area contributed by atoms with Crippen LogP contribution in [0.3, 0.4) is 0 Å². The molecule has 0 spiro atoms. The Morgan fingerprint density at radius 2 is 1.76 bits per heavy atom. The molecule has 2 rings (SSSR count). The molecular weight excluding hydrogens is 285 g/mol. The molecule has 1 unspecified atom stereocenters. The van der Waals surface area contributed by atoms with E-state index in [4.69, 9.17) is 10.5 Å². The molecule has 0 saturated carbocycles. The van der Waals surface area contributed by atoms with Gasteiger partial charge in [-0.2, -0.15) is 0 Å². The Bertz CT molecular complexity index is 611. The van der Waals surface area contributed by atoms with Gasteiger partial charge in [0.1, 0.15) is 5.75 Å². The lowest BCUT2D eigenvalue weighted by Crippen LogP contribution is -2.17. The highest BCUT2D eigenvalue weighted by atomic mass is 31.2. The van der Waals surface area contributed by atoms with E-state index in [9.17, 15) is 9.46 Å². The van der Waals surface area contributed by atoms with Crippen molar-refractivity contribution >= 4 is 12.7 Å². The van der Waals surface area contributed by atoms with Gasteiger partial charge < -0.3 is 15.4 Å². The Kier molecular flexibility index (Phi) is 5.18. The topological polar surface area (TPSA) is 72.5 Å². The lowest BCUT2D eigenvalue weighted by Gasteiger charge is -2.13. The van der Waals surface area contributed by atoms with Crippen molar-refractivity contribution in [2.24, 2.45) is 5.73 Å². The van der Waals surface area contributed by atoms with E-state index in [1.807, 2.05) is 25.1 Å². The molecule has 0 aliphatic rings. The largest absolute Gasteiger partial charge is 0.483 e. The van der Waals surface area contributed by atoms with Crippen LogP contribution in [0.2, 0.25) is 0 Å². The monoisotopic (exact) mass is 305 g/mol. The Hall–Kier alpha value is -1.61. The van der Waals surface area contributed by atoms with Crippen LogP contribution >= 0.6 is 7.37 Å². The number of nitrogens with two attached hydrogens (primary N) is 1. The van der Waals surface area contributed by atoms with Crippen LogP contribution in [0.25, 0.3) is 0 Å². The molecule has 0 aromatic heterocycles. The van der Waals surface area contributed by atoms with Crippen LogP contribution in [0, 0.1) is 0 Å². The van der Waals surface area contributed by atoms with Crippen LogP contribution in [0.1, 0.15) is 12.5 Å². The maximum absolute atomic E-state index is 12.2. The SMILES string of the molecule is C[C@@H](N)Cc1ccc(OCP(=O)(O)c2ccccc2)cc1. The van der Waals surface area contributed by atoms with Crippen LogP contribution in [0.15, 0.2) is 54.6 Å². The fourth-order valence-corrected chi connectivity index (χ4v) is 3.10. The van der Waals surface area contributed by atoms with E-state index in [0.717, 1.165) is 12.0 Å². The van der Waals surface area contributed by atoms with E-state index < -0.39 is 7.37 Å². The van der Waals surface area contributed by atoms with Gasteiger partial charge in [0.05, 0.1) is 0 Å². The fraction of sp³-hybridized carbons (Fsp3) is 0.250. The Labute approximate surface area is 125 Å². The summed E-state index contributed by atoms with van der Waals surface area (Å²) in [6, 6.07) is 16.1. The van der Waals surface area contributed by atoms with Crippen molar-refractivity contribution < 1.29 is 14.2 Å². The van der Waals surface area contributed by atoms with Crippen molar-refractivity contribution in [2.75, 3.05) is 6.35 Å². The number of hydrogen-bond acceptors (Lipinski definition) is 3. The third-order valence-corrected chi connectivity index (χ3v) is 4.63. The highest BCUT2D eigenvalue weighted by Gasteiger charge is 2.21. The average molecular weight is 305 g/mol. The summed E-state index contributed by atoms with van der Waals surface area (Å²) in [6.07, 6.45) is 0.562. The highest BCUT2D eigenvalue weighted by molar-refractivity contribution is 7.65. The zero-order valence-corrected chi connectivity index (χ0v) is 12.9. The lowest BCUT2D eigenvalue weighted by atomic mass is 10.1. The van der Waals surface area contributed by atoms with E-state index in [2.05, 4.69) is 0 Å². The van der Waals surface area contributed by atoms with Crippen molar-refractivity contribution in [3.63, 3.8) is 0 Å². The summed E-state index contributed by atoms with van der Waals surface area (Å²) in [4.78, 5) is 10.0. The van der Waals surface area contributed by atoms with E-state index in [0.29, 0.717) is 11.1 Å². The van der Waals surface area contributed by atoms with Gasteiger partial charge in [-0.3, -0.25) is 4.57 Å². The predicted molar refractivity (Wildman–Crippen MR) is 85.2 cm³/mol. The molecule has 0 aliphatic carbocycles. The van der Waals surface area contributed by atoms with Gasteiger partial charge in [0.25, 0.3) is 7.37 Å². The van der Waals surface area contributed by atoms with Crippen LogP contribution in [0.4, 0.5) is 0 Å². The molecule has 0 bridgehead atoms. The first-order valence-electron chi connectivity index (χ1n) is 6.82. The van der Waals surface area contributed by atoms with Gasteiger partial charge >= 0.3 is 0 Å². The lowest BCUT2D eigenvalue weighted by molar-refractivity contribution is 0.354. The highest BCUT2D eigenvalue weighted by Crippen LogP contribution is 2.39. The first-order valence-corrected chi connectivity index (χ1v) is 8.66. The maximum atomic E-state index is 12.2. The second-order valence-electron chi connectivity index (χ2n) is 5.14. The van der Waals surface area contributed by atoms with Gasteiger partial charge in [0.2, 0.25) is 0 Å². The summed E-state index contributed by atoms with van der Waals surface area (Å²) in [5.41, 5.74) is 6.86. The average Bonchev–Trinajstić information content (AvgIpc) is 2.47. The normalized spacial score (nSPS) is 15.2. The van der Waals surface area contributed by atoms with Crippen molar-refractivity contribution in [3.05, 3.63) is 60.2 Å². The van der Waals surface area contributed by atoms with E-state index >= 15 is 0 Å². The molecule has 4 nitrogen and oxygen atoms in total. The van der Waals surface area contributed by atoms with E-state index in [1.165, 1.54) is 0 Å². The third kappa shape index (κ3) is 4.71. The number of rotatable bonds is 6. The summed E-state index contributed by atoms with van der Waals surface area (Å²) in [5, 5.41) is 0.401. The Balaban J connectivity index is 1.98. The minimum atomic E-state index is -3.49. The second kappa shape index (κ2) is 6.90. The third-order valence-electron chi connectivity index (χ3n) is 3.05. The molecule has 0 radical (unpaired) electrons. The van der Waals surface area contributed by atoms with E-state index in [-0.39, 0.29) is 12.4 Å². The maximum Gasteiger partial charge on any atom is 0.265 e. The van der Waals surface area contributed by atoms with Crippen LogP contribution in [-0.4, -0.2) is 17.3 Å². The molecule has 112 valence electrons. The molecular formula is C16H20NO3P. The van der Waals surface area contributed by atoms with Gasteiger partial charge in [-0.25, -0.2) is 0 Å². The molecule has 0 aliphatic heterocycles. The molecule has 0 heterocycles. The predicted octanol–water partition coefficient (Wildman–Crippen LogP) is 2.51. The van der Waals surface area contributed by atoms with Crippen molar-refractivity contribution in [2.45, 2.75) is 19.4 Å². The van der Waals surface area contributed by atoms with Gasteiger partial charge in [0, 0.05) is 11.3 Å². The van der Waals surface area contributed by atoms with Crippen LogP contribution in [0.5, 0.6) is 5.75 Å². The van der Waals surface area contributed by atoms with Crippen molar-refractivity contribution in [1.82, 2.24) is 0 Å². The summed E-state index contributed by atoms with van der Waals surface area (Å²) >= 11 is 0. The molecule has 0 amide bonds. The number of hydrogen-bond donors (Lipinski definition) is 2.